The van der Waals surface area contributed by atoms with E-state index in [-0.39, 0.29) is 4.90 Å². The predicted octanol–water partition coefficient (Wildman–Crippen LogP) is 3.34. The number of sulfonamides is 1. The number of amides is 2. The largest absolute Gasteiger partial charge is 0.440 e. The van der Waals surface area contributed by atoms with Gasteiger partial charge < -0.3 is 9.73 Å². The zero-order valence-corrected chi connectivity index (χ0v) is 14.5. The summed E-state index contributed by atoms with van der Waals surface area (Å²) in [6.07, 6.45) is 0. The van der Waals surface area contributed by atoms with Crippen LogP contribution in [-0.2, 0) is 10.0 Å². The number of urea groups is 1. The van der Waals surface area contributed by atoms with E-state index in [0.717, 1.165) is 10.9 Å². The first kappa shape index (κ1) is 17.0. The van der Waals surface area contributed by atoms with Crippen molar-refractivity contribution in [3.63, 3.8) is 0 Å². The summed E-state index contributed by atoms with van der Waals surface area (Å²) in [7, 11) is -3.86. The predicted molar refractivity (Wildman–Crippen MR) is 96.1 cm³/mol. The number of carbonyl (C=O) groups is 1. The van der Waals surface area contributed by atoms with Crippen molar-refractivity contribution in [1.82, 2.24) is 0 Å². The Morgan fingerprint density at radius 3 is 2.48 bits per heavy atom. The third kappa shape index (κ3) is 3.49. The van der Waals surface area contributed by atoms with Crippen LogP contribution in [0.25, 0.3) is 11.0 Å². The Morgan fingerprint density at radius 1 is 1.08 bits per heavy atom. The smallest absolute Gasteiger partial charge is 0.326 e. The van der Waals surface area contributed by atoms with Crippen LogP contribution >= 0.6 is 0 Å². The SMILES string of the molecule is Cc1ccc(NC(=O)Nc2oc3ccccc3c2C)cc1S(N)(=O)=O. The number of rotatable bonds is 3. The maximum atomic E-state index is 12.2. The minimum absolute atomic E-state index is 0.0368. The number of hydrogen-bond acceptors (Lipinski definition) is 4. The summed E-state index contributed by atoms with van der Waals surface area (Å²) in [5, 5.41) is 11.3. The Bertz CT molecular complexity index is 1070. The van der Waals surface area contributed by atoms with E-state index in [1.165, 1.54) is 6.07 Å². The number of hydrogen-bond donors (Lipinski definition) is 3. The number of nitrogens with one attached hydrogen (secondary N) is 2. The molecule has 1 heterocycles. The number of furan rings is 1. The van der Waals surface area contributed by atoms with Crippen molar-refractivity contribution >= 4 is 38.6 Å². The molecule has 0 saturated carbocycles. The van der Waals surface area contributed by atoms with E-state index >= 15 is 0 Å². The Hall–Kier alpha value is -2.84. The molecule has 0 spiro atoms. The summed E-state index contributed by atoms with van der Waals surface area (Å²) in [5.41, 5.74) is 2.28. The molecular weight excluding hydrogens is 342 g/mol. The molecule has 0 atom stereocenters. The second kappa shape index (κ2) is 6.23. The van der Waals surface area contributed by atoms with E-state index in [0.29, 0.717) is 22.7 Å². The lowest BCUT2D eigenvalue weighted by Gasteiger charge is -2.09. The molecule has 0 aliphatic rings. The molecule has 2 aromatic carbocycles. The zero-order chi connectivity index (χ0) is 18.2. The number of aryl methyl sites for hydroxylation is 2. The lowest BCUT2D eigenvalue weighted by atomic mass is 10.2. The fourth-order valence-electron chi connectivity index (χ4n) is 2.54. The lowest BCUT2D eigenvalue weighted by Crippen LogP contribution is -2.20. The van der Waals surface area contributed by atoms with Crippen molar-refractivity contribution in [1.29, 1.82) is 0 Å². The molecule has 0 radical (unpaired) electrons. The zero-order valence-electron chi connectivity index (χ0n) is 13.7. The molecule has 2 amide bonds. The van der Waals surface area contributed by atoms with Crippen molar-refractivity contribution in [2.75, 3.05) is 10.6 Å². The molecule has 3 rings (SSSR count). The average Bonchev–Trinajstić information content (AvgIpc) is 2.85. The summed E-state index contributed by atoms with van der Waals surface area (Å²) in [6, 6.07) is 11.4. The highest BCUT2D eigenvalue weighted by Crippen LogP contribution is 2.29. The molecule has 4 N–H and O–H groups in total. The van der Waals surface area contributed by atoms with Crippen LogP contribution in [0.1, 0.15) is 11.1 Å². The Morgan fingerprint density at radius 2 is 1.80 bits per heavy atom. The molecule has 8 heteroatoms. The van der Waals surface area contributed by atoms with Gasteiger partial charge in [-0.1, -0.05) is 24.3 Å². The van der Waals surface area contributed by atoms with Crippen LogP contribution in [0.4, 0.5) is 16.4 Å². The third-order valence-electron chi connectivity index (χ3n) is 3.82. The van der Waals surface area contributed by atoms with Gasteiger partial charge in [-0.15, -0.1) is 0 Å². The van der Waals surface area contributed by atoms with Gasteiger partial charge in [0.2, 0.25) is 15.9 Å². The quantitative estimate of drug-likeness (QED) is 0.665. The first-order valence-electron chi connectivity index (χ1n) is 7.45. The molecule has 0 aliphatic carbocycles. The van der Waals surface area contributed by atoms with Crippen LogP contribution in [0.3, 0.4) is 0 Å². The highest BCUT2D eigenvalue weighted by Gasteiger charge is 2.15. The van der Waals surface area contributed by atoms with Gasteiger partial charge in [0.05, 0.1) is 4.90 Å². The van der Waals surface area contributed by atoms with E-state index in [4.69, 9.17) is 9.56 Å². The summed E-state index contributed by atoms with van der Waals surface area (Å²) in [4.78, 5) is 12.2. The average molecular weight is 359 g/mol. The molecule has 1 aromatic heterocycles. The normalized spacial score (nSPS) is 11.5. The van der Waals surface area contributed by atoms with Crippen LogP contribution in [0.5, 0.6) is 0 Å². The minimum atomic E-state index is -3.86. The van der Waals surface area contributed by atoms with Gasteiger partial charge >= 0.3 is 6.03 Å². The molecular formula is C17H17N3O4S. The van der Waals surface area contributed by atoms with Crippen molar-refractivity contribution in [2.45, 2.75) is 18.7 Å². The molecule has 0 fully saturated rings. The van der Waals surface area contributed by atoms with Crippen molar-refractivity contribution in [3.8, 4) is 0 Å². The Labute approximate surface area is 144 Å². The summed E-state index contributed by atoms with van der Waals surface area (Å²) in [5.74, 6) is 0.331. The molecule has 3 aromatic rings. The highest BCUT2D eigenvalue weighted by molar-refractivity contribution is 7.89. The lowest BCUT2D eigenvalue weighted by molar-refractivity contribution is 0.261. The van der Waals surface area contributed by atoms with Crippen LogP contribution in [0, 0.1) is 13.8 Å². The van der Waals surface area contributed by atoms with Crippen molar-refractivity contribution in [3.05, 3.63) is 53.6 Å². The number of benzene rings is 2. The van der Waals surface area contributed by atoms with Crippen molar-refractivity contribution < 1.29 is 17.6 Å². The van der Waals surface area contributed by atoms with Gasteiger partial charge in [0.1, 0.15) is 5.58 Å². The highest BCUT2D eigenvalue weighted by atomic mass is 32.2. The standard InChI is InChI=1S/C17H17N3O4S/c1-10-7-8-12(9-15(10)25(18,22)23)19-17(21)20-16-11(2)13-5-3-4-6-14(13)24-16/h3-9H,1-2H3,(H2,18,22,23)(H2,19,20,21). The Kier molecular flexibility index (Phi) is 4.23. The maximum Gasteiger partial charge on any atom is 0.326 e. The van der Waals surface area contributed by atoms with E-state index in [2.05, 4.69) is 10.6 Å². The number of fused-ring (bicyclic) bond motifs is 1. The minimum Gasteiger partial charge on any atom is -0.440 e. The number of carbonyl (C=O) groups excluding carboxylic acids is 1. The second-order valence-electron chi connectivity index (χ2n) is 5.66. The number of anilines is 2. The van der Waals surface area contributed by atoms with Gasteiger partial charge in [0.25, 0.3) is 0 Å². The Balaban J connectivity index is 1.82. The molecule has 0 saturated heterocycles. The topological polar surface area (TPSA) is 114 Å². The van der Waals surface area contributed by atoms with Gasteiger partial charge in [-0.2, -0.15) is 0 Å². The molecule has 0 bridgehead atoms. The van der Waals surface area contributed by atoms with Gasteiger partial charge in [-0.05, 0) is 37.6 Å². The van der Waals surface area contributed by atoms with E-state index < -0.39 is 16.1 Å². The number of para-hydroxylation sites is 1. The number of nitrogens with two attached hydrogens (primary N) is 1. The summed E-state index contributed by atoms with van der Waals surface area (Å²) >= 11 is 0. The van der Waals surface area contributed by atoms with Crippen LogP contribution in [-0.4, -0.2) is 14.4 Å². The summed E-state index contributed by atoms with van der Waals surface area (Å²) in [6.45, 7) is 3.47. The van der Waals surface area contributed by atoms with E-state index in [9.17, 15) is 13.2 Å². The second-order valence-corrected chi connectivity index (χ2v) is 7.19. The first-order chi connectivity index (χ1) is 11.8. The fourth-order valence-corrected chi connectivity index (χ4v) is 3.35. The maximum absolute atomic E-state index is 12.2. The van der Waals surface area contributed by atoms with Gasteiger partial charge in [-0.25, -0.2) is 18.4 Å². The monoisotopic (exact) mass is 359 g/mol. The van der Waals surface area contributed by atoms with Gasteiger partial charge in [-0.3, -0.25) is 5.32 Å². The van der Waals surface area contributed by atoms with Crippen LogP contribution in [0.15, 0.2) is 51.8 Å². The van der Waals surface area contributed by atoms with E-state index in [1.807, 2.05) is 31.2 Å². The van der Waals surface area contributed by atoms with Gasteiger partial charge in [0.15, 0.2) is 0 Å². The van der Waals surface area contributed by atoms with Crippen molar-refractivity contribution in [2.24, 2.45) is 5.14 Å². The third-order valence-corrected chi connectivity index (χ3v) is 4.88. The van der Waals surface area contributed by atoms with E-state index in [1.54, 1.807) is 19.1 Å². The fraction of sp³-hybridized carbons (Fsp3) is 0.118. The molecule has 0 unspecified atom stereocenters. The van der Waals surface area contributed by atoms with Crippen LogP contribution < -0.4 is 15.8 Å². The molecule has 0 aliphatic heterocycles. The summed E-state index contributed by atoms with van der Waals surface area (Å²) < 4.78 is 28.7. The van der Waals surface area contributed by atoms with Gasteiger partial charge in [0, 0.05) is 16.6 Å². The first-order valence-corrected chi connectivity index (χ1v) is 9.00. The molecule has 25 heavy (non-hydrogen) atoms. The number of primary sulfonamides is 1. The van der Waals surface area contributed by atoms with Crippen LogP contribution in [0.2, 0.25) is 0 Å². The molecule has 7 nitrogen and oxygen atoms in total. The molecule has 130 valence electrons.